The summed E-state index contributed by atoms with van der Waals surface area (Å²) in [7, 11) is 1.57. The normalized spacial score (nSPS) is 14.5. The average molecular weight is 354 g/mol. The summed E-state index contributed by atoms with van der Waals surface area (Å²) < 4.78 is 15.8. The third-order valence-electron chi connectivity index (χ3n) is 4.52. The van der Waals surface area contributed by atoms with Gasteiger partial charge in [0.25, 0.3) is 0 Å². The number of benzene rings is 2. The van der Waals surface area contributed by atoms with Crippen LogP contribution in [0.25, 0.3) is 0 Å². The van der Waals surface area contributed by atoms with Crippen molar-refractivity contribution in [2.24, 2.45) is 5.92 Å². The molecule has 0 radical (unpaired) electrons. The molecule has 3 rings (SSSR count). The molecule has 0 amide bonds. The Labute approximate surface area is 152 Å². The van der Waals surface area contributed by atoms with Gasteiger partial charge in [-0.05, 0) is 61.4 Å². The molecule has 26 heavy (non-hydrogen) atoms. The number of ether oxygens (including phenoxy) is 3. The Morgan fingerprint density at radius 2 is 1.31 bits per heavy atom. The van der Waals surface area contributed by atoms with Crippen LogP contribution >= 0.6 is 0 Å². The first-order valence-corrected chi connectivity index (χ1v) is 8.84. The highest BCUT2D eigenvalue weighted by atomic mass is 16.5. The molecule has 2 aromatic rings. The summed E-state index contributed by atoms with van der Waals surface area (Å²) in [5.74, 6) is 0.891. The third-order valence-corrected chi connectivity index (χ3v) is 4.52. The first kappa shape index (κ1) is 18.0. The smallest absolute Gasteiger partial charge is 0.343 e. The van der Waals surface area contributed by atoms with E-state index in [0.29, 0.717) is 22.8 Å². The molecule has 0 aliphatic heterocycles. The third kappa shape index (κ3) is 4.63. The zero-order valence-electron chi connectivity index (χ0n) is 14.8. The van der Waals surface area contributed by atoms with E-state index in [2.05, 4.69) is 0 Å². The van der Waals surface area contributed by atoms with Crippen LogP contribution in [0, 0.1) is 5.92 Å². The molecular formula is C21H22O5. The lowest BCUT2D eigenvalue weighted by Crippen LogP contribution is -2.22. The van der Waals surface area contributed by atoms with E-state index in [4.69, 9.17) is 14.2 Å². The van der Waals surface area contributed by atoms with E-state index in [1.54, 1.807) is 55.6 Å². The average Bonchev–Trinajstić information content (AvgIpc) is 2.70. The number of methoxy groups -OCH3 is 1. The van der Waals surface area contributed by atoms with E-state index in [1.165, 1.54) is 6.42 Å². The molecule has 2 aromatic carbocycles. The Bertz CT molecular complexity index is 743. The van der Waals surface area contributed by atoms with Crippen molar-refractivity contribution in [3.63, 3.8) is 0 Å². The van der Waals surface area contributed by atoms with E-state index >= 15 is 0 Å². The van der Waals surface area contributed by atoms with Crippen LogP contribution in [0.3, 0.4) is 0 Å². The molecule has 0 N–H and O–H groups in total. The van der Waals surface area contributed by atoms with Gasteiger partial charge in [-0.2, -0.15) is 0 Å². The monoisotopic (exact) mass is 354 g/mol. The molecule has 1 saturated carbocycles. The Balaban J connectivity index is 1.56. The topological polar surface area (TPSA) is 61.8 Å². The number of esters is 2. The van der Waals surface area contributed by atoms with Gasteiger partial charge in [0.15, 0.2) is 0 Å². The Hall–Kier alpha value is -2.82. The number of hydrogen-bond donors (Lipinski definition) is 0. The lowest BCUT2D eigenvalue weighted by molar-refractivity contribution is -0.139. The maximum Gasteiger partial charge on any atom is 0.343 e. The van der Waals surface area contributed by atoms with Crippen LogP contribution in [0.5, 0.6) is 17.2 Å². The minimum atomic E-state index is -0.459. The molecule has 0 aromatic heterocycles. The van der Waals surface area contributed by atoms with Gasteiger partial charge in [0.1, 0.15) is 17.2 Å². The van der Waals surface area contributed by atoms with Gasteiger partial charge < -0.3 is 14.2 Å². The van der Waals surface area contributed by atoms with Gasteiger partial charge in [-0.3, -0.25) is 4.79 Å². The predicted octanol–water partition coefficient (Wildman–Crippen LogP) is 4.40. The second kappa shape index (κ2) is 8.52. The summed E-state index contributed by atoms with van der Waals surface area (Å²) in [5.41, 5.74) is 0.429. The lowest BCUT2D eigenvalue weighted by atomic mass is 9.89. The lowest BCUT2D eigenvalue weighted by Gasteiger charge is -2.19. The minimum absolute atomic E-state index is 0.00340. The molecule has 1 aliphatic carbocycles. The maximum absolute atomic E-state index is 12.1. The molecule has 0 spiro atoms. The zero-order valence-corrected chi connectivity index (χ0v) is 14.8. The van der Waals surface area contributed by atoms with Crippen molar-refractivity contribution in [3.8, 4) is 17.2 Å². The molecule has 0 atom stereocenters. The van der Waals surface area contributed by atoms with Crippen molar-refractivity contribution in [1.82, 2.24) is 0 Å². The van der Waals surface area contributed by atoms with Crippen LogP contribution in [-0.4, -0.2) is 19.0 Å². The van der Waals surface area contributed by atoms with Gasteiger partial charge in [0, 0.05) is 0 Å². The molecule has 0 bridgehead atoms. The van der Waals surface area contributed by atoms with Crippen molar-refractivity contribution in [1.29, 1.82) is 0 Å². The van der Waals surface area contributed by atoms with E-state index in [-0.39, 0.29) is 11.9 Å². The summed E-state index contributed by atoms with van der Waals surface area (Å²) >= 11 is 0. The fourth-order valence-electron chi connectivity index (χ4n) is 3.01. The van der Waals surface area contributed by atoms with Gasteiger partial charge in [-0.25, -0.2) is 4.79 Å². The highest BCUT2D eigenvalue weighted by Crippen LogP contribution is 2.26. The van der Waals surface area contributed by atoms with Crippen molar-refractivity contribution in [2.75, 3.05) is 7.11 Å². The number of carbonyl (C=O) groups is 2. The van der Waals surface area contributed by atoms with Crippen molar-refractivity contribution in [2.45, 2.75) is 32.1 Å². The first-order valence-electron chi connectivity index (χ1n) is 8.84. The van der Waals surface area contributed by atoms with Crippen LogP contribution in [0.4, 0.5) is 0 Å². The molecule has 0 unspecified atom stereocenters. The standard InChI is InChI=1S/C21H22O5/c1-24-17-9-7-16(8-10-17)21(23)26-19-13-11-18(12-14-19)25-20(22)15-5-3-2-4-6-15/h7-15H,2-6H2,1H3. The summed E-state index contributed by atoms with van der Waals surface area (Å²) in [6.07, 6.45) is 5.16. The van der Waals surface area contributed by atoms with E-state index < -0.39 is 5.97 Å². The van der Waals surface area contributed by atoms with E-state index in [1.807, 2.05) is 0 Å². The van der Waals surface area contributed by atoms with E-state index in [9.17, 15) is 9.59 Å². The van der Waals surface area contributed by atoms with Crippen LogP contribution in [0.1, 0.15) is 42.5 Å². The first-order chi connectivity index (χ1) is 12.7. The molecule has 5 nitrogen and oxygen atoms in total. The Kier molecular flexibility index (Phi) is 5.89. The van der Waals surface area contributed by atoms with Gasteiger partial charge in [-0.1, -0.05) is 19.3 Å². The van der Waals surface area contributed by atoms with Gasteiger partial charge >= 0.3 is 11.9 Å². The van der Waals surface area contributed by atoms with Crippen molar-refractivity contribution >= 4 is 11.9 Å². The molecule has 1 aliphatic rings. The van der Waals surface area contributed by atoms with Gasteiger partial charge in [-0.15, -0.1) is 0 Å². The van der Waals surface area contributed by atoms with Gasteiger partial charge in [0.2, 0.25) is 0 Å². The Morgan fingerprint density at radius 3 is 1.88 bits per heavy atom. The Morgan fingerprint density at radius 1 is 0.769 bits per heavy atom. The second-order valence-corrected chi connectivity index (χ2v) is 6.35. The summed E-state index contributed by atoms with van der Waals surface area (Å²) in [5, 5.41) is 0. The van der Waals surface area contributed by atoms with Crippen LogP contribution in [0.15, 0.2) is 48.5 Å². The fraction of sp³-hybridized carbons (Fsp3) is 0.333. The quantitative estimate of drug-likeness (QED) is 0.588. The van der Waals surface area contributed by atoms with Crippen LogP contribution in [-0.2, 0) is 4.79 Å². The van der Waals surface area contributed by atoms with Crippen molar-refractivity contribution < 1.29 is 23.8 Å². The molecule has 1 fully saturated rings. The van der Waals surface area contributed by atoms with Crippen LogP contribution in [0.2, 0.25) is 0 Å². The largest absolute Gasteiger partial charge is 0.497 e. The van der Waals surface area contributed by atoms with Crippen LogP contribution < -0.4 is 14.2 Å². The molecule has 0 heterocycles. The fourth-order valence-corrected chi connectivity index (χ4v) is 3.01. The van der Waals surface area contributed by atoms with Crippen molar-refractivity contribution in [3.05, 3.63) is 54.1 Å². The SMILES string of the molecule is COc1ccc(C(=O)Oc2ccc(OC(=O)C3CCCCC3)cc2)cc1. The minimum Gasteiger partial charge on any atom is -0.497 e. The summed E-state index contributed by atoms with van der Waals surface area (Å²) in [4.78, 5) is 24.3. The molecule has 136 valence electrons. The molecule has 5 heteroatoms. The highest BCUT2D eigenvalue weighted by Gasteiger charge is 2.23. The second-order valence-electron chi connectivity index (χ2n) is 6.35. The van der Waals surface area contributed by atoms with Gasteiger partial charge in [0.05, 0.1) is 18.6 Å². The number of rotatable bonds is 5. The number of carbonyl (C=O) groups excluding carboxylic acids is 2. The molecular weight excluding hydrogens is 332 g/mol. The van der Waals surface area contributed by atoms with E-state index in [0.717, 1.165) is 25.7 Å². The maximum atomic E-state index is 12.1. The predicted molar refractivity (Wildman–Crippen MR) is 96.6 cm³/mol. The highest BCUT2D eigenvalue weighted by molar-refractivity contribution is 5.91. The number of hydrogen-bond acceptors (Lipinski definition) is 5. The summed E-state index contributed by atoms with van der Waals surface area (Å²) in [6.45, 7) is 0. The zero-order chi connectivity index (χ0) is 18.4. The summed E-state index contributed by atoms with van der Waals surface area (Å²) in [6, 6.07) is 13.2. The molecule has 0 saturated heterocycles.